The molecule has 0 unspecified atom stereocenters. The summed E-state index contributed by atoms with van der Waals surface area (Å²) in [5, 5.41) is 6.02. The van der Waals surface area contributed by atoms with Crippen LogP contribution in [0.15, 0.2) is 162 Å². The van der Waals surface area contributed by atoms with E-state index in [1.54, 1.807) is 0 Å². The second kappa shape index (κ2) is 10.5. The van der Waals surface area contributed by atoms with Gasteiger partial charge in [-0.2, -0.15) is 0 Å². The van der Waals surface area contributed by atoms with Crippen molar-refractivity contribution in [2.75, 3.05) is 10.2 Å². The van der Waals surface area contributed by atoms with Crippen LogP contribution in [0, 0.1) is 6.92 Å². The number of nitrogens with zero attached hydrogens (tertiary/aromatic N) is 1. The molecule has 218 valence electrons. The zero-order valence-electron chi connectivity index (χ0n) is 25.4. The first kappa shape index (κ1) is 26.4. The Morgan fingerprint density at radius 1 is 0.478 bits per heavy atom. The van der Waals surface area contributed by atoms with E-state index in [0.29, 0.717) is 0 Å². The summed E-state index contributed by atoms with van der Waals surface area (Å²) in [4.78, 5) is 2.36. The average Bonchev–Trinajstić information content (AvgIpc) is 3.50. The van der Waals surface area contributed by atoms with Gasteiger partial charge in [0, 0.05) is 22.0 Å². The summed E-state index contributed by atoms with van der Waals surface area (Å²) in [6.07, 6.45) is 0. The summed E-state index contributed by atoms with van der Waals surface area (Å²) in [6, 6.07) is 56.2. The number of hydrogen-bond donors (Lipinski definition) is 1. The van der Waals surface area contributed by atoms with Crippen LogP contribution in [0.5, 0.6) is 0 Å². The first-order chi connectivity index (χ1) is 22.7. The van der Waals surface area contributed by atoms with Gasteiger partial charge in [0.15, 0.2) is 0 Å². The van der Waals surface area contributed by atoms with Crippen molar-refractivity contribution in [1.29, 1.82) is 0 Å². The Morgan fingerprint density at radius 2 is 1.09 bits per heavy atom. The first-order valence-electron chi connectivity index (χ1n) is 15.7. The van der Waals surface area contributed by atoms with Gasteiger partial charge in [-0.05, 0) is 82.8 Å². The monoisotopic (exact) mass is 590 g/mol. The molecule has 0 bridgehead atoms. The molecule has 0 spiro atoms. The Labute approximate surface area is 268 Å². The average molecular weight is 591 g/mol. The van der Waals surface area contributed by atoms with E-state index < -0.39 is 0 Å². The van der Waals surface area contributed by atoms with Gasteiger partial charge in [-0.25, -0.2) is 0 Å². The van der Waals surface area contributed by atoms with Crippen LogP contribution < -0.4 is 10.2 Å². The van der Waals surface area contributed by atoms with Crippen molar-refractivity contribution in [3.8, 4) is 33.4 Å². The molecule has 1 aliphatic rings. The normalized spacial score (nSPS) is 12.2. The van der Waals surface area contributed by atoms with E-state index in [1.165, 1.54) is 27.8 Å². The van der Waals surface area contributed by atoms with E-state index >= 15 is 0 Å². The fraction of sp³-hybridized carbons (Fsp3) is 0.0233. The number of para-hydroxylation sites is 2. The molecule has 2 heterocycles. The molecule has 46 heavy (non-hydrogen) atoms. The van der Waals surface area contributed by atoms with Crippen molar-refractivity contribution >= 4 is 50.4 Å². The van der Waals surface area contributed by atoms with Crippen LogP contribution in [0.3, 0.4) is 0 Å². The number of nitrogens with one attached hydrogen (secondary N) is 1. The molecule has 0 radical (unpaired) electrons. The van der Waals surface area contributed by atoms with Crippen LogP contribution in [0.2, 0.25) is 0 Å². The molecule has 0 saturated heterocycles. The lowest BCUT2D eigenvalue weighted by Crippen LogP contribution is -2.17. The Kier molecular flexibility index (Phi) is 6.04. The second-order valence-corrected chi connectivity index (χ2v) is 12.0. The maximum Gasteiger partial charge on any atom is 0.143 e. The molecule has 0 fully saturated rings. The molecule has 3 nitrogen and oxygen atoms in total. The molecular formula is C43H30N2O. The third-order valence-corrected chi connectivity index (χ3v) is 9.07. The Morgan fingerprint density at radius 3 is 1.89 bits per heavy atom. The van der Waals surface area contributed by atoms with Crippen molar-refractivity contribution in [1.82, 2.24) is 0 Å². The highest BCUT2D eigenvalue weighted by Crippen LogP contribution is 2.49. The molecule has 0 amide bonds. The third-order valence-electron chi connectivity index (χ3n) is 9.07. The highest BCUT2D eigenvalue weighted by atomic mass is 16.3. The van der Waals surface area contributed by atoms with Crippen molar-refractivity contribution in [3.05, 3.63) is 163 Å². The summed E-state index contributed by atoms with van der Waals surface area (Å²) in [5.41, 5.74) is 15.7. The summed E-state index contributed by atoms with van der Waals surface area (Å²) in [7, 11) is 0. The predicted octanol–water partition coefficient (Wildman–Crippen LogP) is 12.4. The minimum absolute atomic E-state index is 0.920. The zero-order valence-corrected chi connectivity index (χ0v) is 25.4. The van der Waals surface area contributed by atoms with E-state index in [9.17, 15) is 0 Å². The molecule has 3 heteroatoms. The van der Waals surface area contributed by atoms with Crippen molar-refractivity contribution < 1.29 is 4.42 Å². The highest BCUT2D eigenvalue weighted by Gasteiger charge is 2.24. The minimum Gasteiger partial charge on any atom is -0.455 e. The van der Waals surface area contributed by atoms with Gasteiger partial charge in [-0.3, -0.25) is 0 Å². The zero-order chi connectivity index (χ0) is 30.6. The molecular weight excluding hydrogens is 560 g/mol. The Hall–Kier alpha value is -6.06. The lowest BCUT2D eigenvalue weighted by Gasteiger charge is -2.34. The van der Waals surface area contributed by atoms with Gasteiger partial charge in [0.25, 0.3) is 0 Å². The number of hydrogen-bond acceptors (Lipinski definition) is 3. The molecule has 9 rings (SSSR count). The van der Waals surface area contributed by atoms with Gasteiger partial charge in [0.2, 0.25) is 0 Å². The Balaban J connectivity index is 1.06. The van der Waals surface area contributed by atoms with E-state index in [2.05, 4.69) is 163 Å². The van der Waals surface area contributed by atoms with Gasteiger partial charge in [0.1, 0.15) is 11.2 Å². The number of anilines is 5. The van der Waals surface area contributed by atoms with Gasteiger partial charge >= 0.3 is 0 Å². The van der Waals surface area contributed by atoms with E-state index in [4.69, 9.17) is 4.42 Å². The topological polar surface area (TPSA) is 28.4 Å². The van der Waals surface area contributed by atoms with E-state index in [-0.39, 0.29) is 0 Å². The molecule has 1 aromatic heterocycles. The van der Waals surface area contributed by atoms with Crippen LogP contribution in [-0.2, 0) is 0 Å². The smallest absolute Gasteiger partial charge is 0.143 e. The summed E-state index contributed by atoms with van der Waals surface area (Å²) in [6.45, 7) is 2.14. The first-order valence-corrected chi connectivity index (χ1v) is 15.7. The predicted molar refractivity (Wildman–Crippen MR) is 193 cm³/mol. The van der Waals surface area contributed by atoms with Crippen LogP contribution in [0.25, 0.3) is 55.3 Å². The highest BCUT2D eigenvalue weighted by molar-refractivity contribution is 6.09. The van der Waals surface area contributed by atoms with E-state index in [1.807, 2.05) is 12.1 Å². The maximum absolute atomic E-state index is 6.30. The standard InChI is InChI=1S/C43H30N2O/c1-28-14-24-40-38(26-28)44-39-27-33(29-8-3-2-4-9-29)21-25-41(39)45(40)34-22-19-31(20-23-34)30-15-17-32(18-16-30)35-11-7-12-37-36-10-5-6-13-42(36)46-43(35)37/h2-27,44H,1H3. The van der Waals surface area contributed by atoms with Crippen LogP contribution >= 0.6 is 0 Å². The second-order valence-electron chi connectivity index (χ2n) is 12.0. The number of rotatable bonds is 4. The third kappa shape index (κ3) is 4.36. The number of fused-ring (bicyclic) bond motifs is 5. The molecule has 0 aliphatic carbocycles. The van der Waals surface area contributed by atoms with Crippen molar-refractivity contribution in [2.45, 2.75) is 6.92 Å². The molecule has 8 aromatic rings. The van der Waals surface area contributed by atoms with E-state index in [0.717, 1.165) is 61.5 Å². The summed E-state index contributed by atoms with van der Waals surface area (Å²) in [5.74, 6) is 0. The quantitative estimate of drug-likeness (QED) is 0.221. The van der Waals surface area contributed by atoms with Crippen LogP contribution in [-0.4, -0.2) is 0 Å². The molecule has 7 aromatic carbocycles. The SMILES string of the molecule is Cc1ccc2c(c1)Nc1cc(-c3ccccc3)ccc1N2c1ccc(-c2ccc(-c3cccc4c3oc3ccccc34)cc2)cc1. The lowest BCUT2D eigenvalue weighted by atomic mass is 9.98. The maximum atomic E-state index is 6.30. The molecule has 0 saturated carbocycles. The summed E-state index contributed by atoms with van der Waals surface area (Å²) >= 11 is 0. The largest absolute Gasteiger partial charge is 0.455 e. The van der Waals surface area contributed by atoms with Gasteiger partial charge in [-0.15, -0.1) is 0 Å². The molecule has 0 atom stereocenters. The minimum atomic E-state index is 0.920. The number of benzene rings is 7. The molecule has 1 N–H and O–H groups in total. The number of furan rings is 1. The fourth-order valence-corrected chi connectivity index (χ4v) is 6.76. The van der Waals surface area contributed by atoms with Crippen molar-refractivity contribution in [3.63, 3.8) is 0 Å². The van der Waals surface area contributed by atoms with Crippen LogP contribution in [0.1, 0.15) is 5.56 Å². The summed E-state index contributed by atoms with van der Waals surface area (Å²) < 4.78 is 6.30. The molecule has 1 aliphatic heterocycles. The van der Waals surface area contributed by atoms with Gasteiger partial charge in [0.05, 0.1) is 22.7 Å². The lowest BCUT2D eigenvalue weighted by molar-refractivity contribution is 0.670. The Bertz CT molecular complexity index is 2390. The van der Waals surface area contributed by atoms with Gasteiger partial charge in [-0.1, -0.05) is 115 Å². The van der Waals surface area contributed by atoms with Crippen molar-refractivity contribution in [2.24, 2.45) is 0 Å². The van der Waals surface area contributed by atoms with Crippen LogP contribution in [0.4, 0.5) is 28.4 Å². The van der Waals surface area contributed by atoms with Gasteiger partial charge < -0.3 is 14.6 Å². The number of aryl methyl sites for hydroxylation is 1. The fourth-order valence-electron chi connectivity index (χ4n) is 6.76.